The quantitative estimate of drug-likeness (QED) is 0.750. The van der Waals surface area contributed by atoms with E-state index in [2.05, 4.69) is 10.6 Å². The summed E-state index contributed by atoms with van der Waals surface area (Å²) in [6, 6.07) is 1.86. The van der Waals surface area contributed by atoms with Crippen molar-refractivity contribution in [3.05, 3.63) is 35.4 Å². The first-order valence-corrected chi connectivity index (χ1v) is 8.96. The summed E-state index contributed by atoms with van der Waals surface area (Å²) in [6.07, 6.45) is 1.79. The average Bonchev–Trinajstić information content (AvgIpc) is 2.43. The molecule has 0 spiro atoms. The summed E-state index contributed by atoms with van der Waals surface area (Å²) in [5.74, 6) is -1.20. The van der Waals surface area contributed by atoms with E-state index in [1.165, 1.54) is 0 Å². The van der Waals surface area contributed by atoms with E-state index >= 15 is 0 Å². The van der Waals surface area contributed by atoms with Crippen LogP contribution >= 0.6 is 0 Å². The first-order chi connectivity index (χ1) is 10.2. The number of halogens is 2. The minimum atomic E-state index is -3.07. The molecule has 0 fully saturated rings. The van der Waals surface area contributed by atoms with Crippen LogP contribution in [0.25, 0.3) is 0 Å². The molecule has 0 saturated heterocycles. The van der Waals surface area contributed by atoms with Crippen molar-refractivity contribution >= 4 is 15.9 Å². The van der Waals surface area contributed by atoms with Gasteiger partial charge < -0.3 is 10.6 Å². The summed E-state index contributed by atoms with van der Waals surface area (Å²) in [5.41, 5.74) is 0.0776. The van der Waals surface area contributed by atoms with Gasteiger partial charge in [-0.1, -0.05) is 6.92 Å². The maximum atomic E-state index is 13.7. The zero-order valence-corrected chi connectivity index (χ0v) is 13.3. The third-order valence-corrected chi connectivity index (χ3v) is 4.05. The highest BCUT2D eigenvalue weighted by molar-refractivity contribution is 7.90. The maximum absolute atomic E-state index is 13.7. The Balaban J connectivity index is 2.55. The number of sulfone groups is 1. The number of nitrogens with one attached hydrogen (secondary N) is 2. The summed E-state index contributed by atoms with van der Waals surface area (Å²) in [4.78, 5) is 11.7. The number of benzene rings is 1. The minimum Gasteiger partial charge on any atom is -0.338 e. The molecule has 2 N–H and O–H groups in total. The number of rotatable bonds is 7. The number of urea groups is 1. The van der Waals surface area contributed by atoms with Crippen LogP contribution in [0.2, 0.25) is 0 Å². The average molecular weight is 334 g/mol. The first kappa shape index (κ1) is 18.3. The topological polar surface area (TPSA) is 75.3 Å². The fourth-order valence-electron chi connectivity index (χ4n) is 1.93. The summed E-state index contributed by atoms with van der Waals surface area (Å²) < 4.78 is 48.8. The highest BCUT2D eigenvalue weighted by atomic mass is 32.2. The summed E-state index contributed by atoms with van der Waals surface area (Å²) in [7, 11) is -3.07. The van der Waals surface area contributed by atoms with Gasteiger partial charge in [-0.05, 0) is 31.0 Å². The minimum absolute atomic E-state index is 0.0248. The van der Waals surface area contributed by atoms with E-state index in [4.69, 9.17) is 0 Å². The van der Waals surface area contributed by atoms with Gasteiger partial charge in [-0.25, -0.2) is 22.0 Å². The van der Waals surface area contributed by atoms with Gasteiger partial charge in [0, 0.05) is 18.4 Å². The fraction of sp³-hybridized carbons (Fsp3) is 0.500. The Hall–Kier alpha value is -1.70. The Bertz CT molecular complexity index is 621. The van der Waals surface area contributed by atoms with Gasteiger partial charge in [-0.15, -0.1) is 0 Å². The predicted octanol–water partition coefficient (Wildman–Crippen LogP) is 2.15. The van der Waals surface area contributed by atoms with Gasteiger partial charge in [0.1, 0.15) is 21.5 Å². The van der Waals surface area contributed by atoms with E-state index in [0.717, 1.165) is 24.5 Å². The molecule has 1 aromatic carbocycles. The summed E-state index contributed by atoms with van der Waals surface area (Å²) in [6.45, 7) is 1.92. The molecule has 0 aromatic heterocycles. The van der Waals surface area contributed by atoms with Crippen LogP contribution in [0.5, 0.6) is 0 Å². The molecule has 0 saturated carbocycles. The van der Waals surface area contributed by atoms with Crippen molar-refractivity contribution in [1.82, 2.24) is 10.6 Å². The van der Waals surface area contributed by atoms with Crippen LogP contribution < -0.4 is 10.6 Å². The second kappa shape index (κ2) is 8.07. The van der Waals surface area contributed by atoms with Gasteiger partial charge in [-0.3, -0.25) is 0 Å². The van der Waals surface area contributed by atoms with E-state index in [1.807, 2.05) is 0 Å². The van der Waals surface area contributed by atoms with Crippen LogP contribution in [-0.2, 0) is 9.84 Å². The van der Waals surface area contributed by atoms with Crippen LogP contribution in [-0.4, -0.2) is 33.0 Å². The molecule has 1 aromatic rings. The van der Waals surface area contributed by atoms with Gasteiger partial charge in [0.2, 0.25) is 0 Å². The molecule has 8 heteroatoms. The van der Waals surface area contributed by atoms with Crippen molar-refractivity contribution in [3.8, 4) is 0 Å². The third kappa shape index (κ3) is 6.38. The Kier molecular flexibility index (Phi) is 6.73. The normalized spacial score (nSPS) is 12.7. The summed E-state index contributed by atoms with van der Waals surface area (Å²) in [5, 5.41) is 5.04. The third-order valence-electron chi connectivity index (χ3n) is 3.02. The molecule has 0 radical (unpaired) electrons. The highest BCUT2D eigenvalue weighted by Gasteiger charge is 2.17. The van der Waals surface area contributed by atoms with Crippen molar-refractivity contribution in [1.29, 1.82) is 0 Å². The van der Waals surface area contributed by atoms with Crippen LogP contribution in [0.15, 0.2) is 18.2 Å². The Morgan fingerprint density at radius 1 is 1.32 bits per heavy atom. The van der Waals surface area contributed by atoms with E-state index in [0.29, 0.717) is 6.42 Å². The Labute approximate surface area is 129 Å². The molecule has 0 aliphatic carbocycles. The lowest BCUT2D eigenvalue weighted by Gasteiger charge is -2.18. The van der Waals surface area contributed by atoms with Gasteiger partial charge >= 0.3 is 6.03 Å². The molecule has 0 aliphatic rings. The van der Waals surface area contributed by atoms with Gasteiger partial charge in [0.25, 0.3) is 0 Å². The highest BCUT2D eigenvalue weighted by Crippen LogP contribution is 2.20. The molecular weight excluding hydrogens is 314 g/mol. The number of carbonyl (C=O) groups is 1. The number of hydrogen-bond acceptors (Lipinski definition) is 3. The molecule has 0 unspecified atom stereocenters. The fourth-order valence-corrected chi connectivity index (χ4v) is 2.60. The lowest BCUT2D eigenvalue weighted by atomic mass is 10.0. The van der Waals surface area contributed by atoms with Crippen molar-refractivity contribution in [2.24, 2.45) is 0 Å². The molecule has 22 heavy (non-hydrogen) atoms. The molecule has 0 heterocycles. The molecule has 0 bridgehead atoms. The Morgan fingerprint density at radius 3 is 2.59 bits per heavy atom. The molecule has 1 rings (SSSR count). The van der Waals surface area contributed by atoms with Crippen molar-refractivity contribution in [3.63, 3.8) is 0 Å². The second-order valence-electron chi connectivity index (χ2n) is 5.01. The largest absolute Gasteiger partial charge is 0.338 e. The van der Waals surface area contributed by atoms with Crippen LogP contribution in [0.1, 0.15) is 31.4 Å². The van der Waals surface area contributed by atoms with Crippen LogP contribution in [0.4, 0.5) is 13.6 Å². The van der Waals surface area contributed by atoms with E-state index in [1.54, 1.807) is 6.92 Å². The zero-order chi connectivity index (χ0) is 16.8. The zero-order valence-electron chi connectivity index (χ0n) is 12.5. The van der Waals surface area contributed by atoms with Crippen LogP contribution in [0.3, 0.4) is 0 Å². The number of carbonyl (C=O) groups excluding carboxylic acids is 1. The molecule has 2 amide bonds. The van der Waals surface area contributed by atoms with E-state index < -0.39 is 33.5 Å². The molecule has 1 atom stereocenters. The second-order valence-corrected chi connectivity index (χ2v) is 7.27. The first-order valence-electron chi connectivity index (χ1n) is 6.90. The Morgan fingerprint density at radius 2 is 2.00 bits per heavy atom. The van der Waals surface area contributed by atoms with Gasteiger partial charge in [-0.2, -0.15) is 0 Å². The van der Waals surface area contributed by atoms with Crippen molar-refractivity contribution in [2.75, 3.05) is 18.6 Å². The smallest absolute Gasteiger partial charge is 0.315 e. The number of amides is 2. The monoisotopic (exact) mass is 334 g/mol. The van der Waals surface area contributed by atoms with Crippen LogP contribution in [0, 0.1) is 11.6 Å². The molecule has 124 valence electrons. The SMILES string of the molecule is CC[C@@H](NC(=O)NCCCS(C)(=O)=O)c1cc(F)ccc1F. The van der Waals surface area contributed by atoms with Crippen molar-refractivity contribution in [2.45, 2.75) is 25.8 Å². The lowest BCUT2D eigenvalue weighted by molar-refractivity contribution is 0.236. The number of hydrogen-bond donors (Lipinski definition) is 2. The molecule has 0 aliphatic heterocycles. The predicted molar refractivity (Wildman–Crippen MR) is 80.3 cm³/mol. The lowest BCUT2D eigenvalue weighted by Crippen LogP contribution is -2.38. The van der Waals surface area contributed by atoms with E-state index in [9.17, 15) is 22.0 Å². The summed E-state index contributed by atoms with van der Waals surface area (Å²) >= 11 is 0. The van der Waals surface area contributed by atoms with Gasteiger partial charge in [0.05, 0.1) is 11.8 Å². The van der Waals surface area contributed by atoms with E-state index in [-0.39, 0.29) is 24.3 Å². The molecule has 5 nitrogen and oxygen atoms in total. The van der Waals surface area contributed by atoms with Gasteiger partial charge in [0.15, 0.2) is 0 Å². The van der Waals surface area contributed by atoms with Crippen molar-refractivity contribution < 1.29 is 22.0 Å². The maximum Gasteiger partial charge on any atom is 0.315 e. The molecular formula is C14H20F2N2O3S. The standard InChI is InChI=1S/C14H20F2N2O3S/c1-3-13(11-9-10(15)5-6-12(11)16)18-14(19)17-7-4-8-22(2,20)21/h5-6,9,13H,3-4,7-8H2,1-2H3,(H2,17,18,19)/t13-/m1/s1.